The lowest BCUT2D eigenvalue weighted by atomic mass is 10.0. The largest absolute Gasteiger partial charge is 0.466 e. The number of amides is 1. The van der Waals surface area contributed by atoms with Crippen LogP contribution in [0.15, 0.2) is 60.7 Å². The maximum Gasteiger partial charge on any atom is 0.349 e. The first-order chi connectivity index (χ1) is 12.0. The van der Waals surface area contributed by atoms with Crippen molar-refractivity contribution in [3.63, 3.8) is 0 Å². The lowest BCUT2D eigenvalue weighted by Crippen LogP contribution is -2.43. The Labute approximate surface area is 145 Å². The van der Waals surface area contributed by atoms with E-state index < -0.39 is 30.0 Å². The van der Waals surface area contributed by atoms with Gasteiger partial charge in [0.15, 0.2) is 0 Å². The number of carbonyl (C=O) groups is 3. The zero-order chi connectivity index (χ0) is 18.2. The zero-order valence-electron chi connectivity index (χ0n) is 14.0. The molecule has 1 N–H and O–H groups in total. The van der Waals surface area contributed by atoms with Crippen LogP contribution in [0.5, 0.6) is 0 Å². The van der Waals surface area contributed by atoms with Crippen molar-refractivity contribution >= 4 is 17.8 Å². The number of nitrogens with one attached hydrogen (secondary N) is 1. The highest BCUT2D eigenvalue weighted by atomic mass is 16.6. The normalized spacial score (nSPS) is 12.6. The first kappa shape index (κ1) is 18.2. The van der Waals surface area contributed by atoms with Crippen LogP contribution in [0, 0.1) is 0 Å². The fourth-order valence-electron chi connectivity index (χ4n) is 2.36. The number of rotatable bonds is 6. The van der Waals surface area contributed by atoms with Crippen LogP contribution in [-0.4, -0.2) is 31.1 Å². The third-order valence-electron chi connectivity index (χ3n) is 3.51. The summed E-state index contributed by atoms with van der Waals surface area (Å²) in [4.78, 5) is 36.1. The predicted molar refractivity (Wildman–Crippen MR) is 90.7 cm³/mol. The standard InChI is InChI=1S/C19H19NO5/c1-13(21)25-17(19(23)24-2)16(14-9-5-3-6-10-14)20-18(22)15-11-7-4-8-12-15/h3-12,16-17H,1-2H3,(H,20,22)/t16-,17-/m0/s1. The van der Waals surface area contributed by atoms with Crippen molar-refractivity contribution in [2.24, 2.45) is 0 Å². The monoisotopic (exact) mass is 341 g/mol. The van der Waals surface area contributed by atoms with Gasteiger partial charge in [-0.2, -0.15) is 0 Å². The molecule has 2 aromatic rings. The number of hydrogen-bond acceptors (Lipinski definition) is 5. The molecule has 0 fully saturated rings. The Bertz CT molecular complexity index is 730. The summed E-state index contributed by atoms with van der Waals surface area (Å²) in [7, 11) is 1.19. The molecule has 6 nitrogen and oxygen atoms in total. The third kappa shape index (κ3) is 4.91. The van der Waals surface area contributed by atoms with Gasteiger partial charge >= 0.3 is 11.9 Å². The van der Waals surface area contributed by atoms with Gasteiger partial charge in [0.1, 0.15) is 6.04 Å². The van der Waals surface area contributed by atoms with Crippen molar-refractivity contribution in [2.45, 2.75) is 19.1 Å². The molecule has 0 heterocycles. The van der Waals surface area contributed by atoms with Gasteiger partial charge in [-0.25, -0.2) is 4.79 Å². The van der Waals surface area contributed by atoms with Crippen LogP contribution < -0.4 is 5.32 Å². The van der Waals surface area contributed by atoms with Crippen LogP contribution in [0.4, 0.5) is 0 Å². The van der Waals surface area contributed by atoms with Gasteiger partial charge in [0.05, 0.1) is 7.11 Å². The molecule has 0 saturated heterocycles. The average molecular weight is 341 g/mol. The van der Waals surface area contributed by atoms with Crippen LogP contribution in [0.2, 0.25) is 0 Å². The third-order valence-corrected chi connectivity index (χ3v) is 3.51. The molecule has 0 saturated carbocycles. The quantitative estimate of drug-likeness (QED) is 0.815. The zero-order valence-corrected chi connectivity index (χ0v) is 14.0. The number of ether oxygens (including phenoxy) is 2. The van der Waals surface area contributed by atoms with Crippen LogP contribution in [0.1, 0.15) is 28.9 Å². The smallest absolute Gasteiger partial charge is 0.349 e. The summed E-state index contributed by atoms with van der Waals surface area (Å²) in [5.41, 5.74) is 1.04. The van der Waals surface area contributed by atoms with Crippen molar-refractivity contribution in [1.82, 2.24) is 5.32 Å². The van der Waals surface area contributed by atoms with E-state index in [4.69, 9.17) is 9.47 Å². The molecule has 2 aromatic carbocycles. The lowest BCUT2D eigenvalue weighted by molar-refractivity contribution is -0.166. The summed E-state index contributed by atoms with van der Waals surface area (Å²) in [5.74, 6) is -1.79. The summed E-state index contributed by atoms with van der Waals surface area (Å²) in [6.45, 7) is 1.19. The van der Waals surface area contributed by atoms with E-state index in [1.165, 1.54) is 14.0 Å². The highest BCUT2D eigenvalue weighted by Gasteiger charge is 2.34. The molecule has 1 amide bonds. The van der Waals surface area contributed by atoms with E-state index in [0.717, 1.165) is 0 Å². The molecule has 2 rings (SSSR count). The molecule has 0 aliphatic rings. The summed E-state index contributed by atoms with van der Waals surface area (Å²) in [6, 6.07) is 16.5. The molecule has 0 radical (unpaired) electrons. The first-order valence-corrected chi connectivity index (χ1v) is 7.69. The van der Waals surface area contributed by atoms with Crippen molar-refractivity contribution in [3.05, 3.63) is 71.8 Å². The fraction of sp³-hybridized carbons (Fsp3) is 0.211. The lowest BCUT2D eigenvalue weighted by Gasteiger charge is -2.26. The predicted octanol–water partition coefficient (Wildman–Crippen LogP) is 2.26. The van der Waals surface area contributed by atoms with Gasteiger partial charge in [0.25, 0.3) is 5.91 Å². The van der Waals surface area contributed by atoms with Crippen LogP contribution in [0.3, 0.4) is 0 Å². The number of carbonyl (C=O) groups excluding carboxylic acids is 3. The van der Waals surface area contributed by atoms with E-state index in [9.17, 15) is 14.4 Å². The minimum absolute atomic E-state index is 0.393. The highest BCUT2D eigenvalue weighted by molar-refractivity contribution is 5.95. The maximum absolute atomic E-state index is 12.5. The van der Waals surface area contributed by atoms with Gasteiger partial charge in [-0.3, -0.25) is 9.59 Å². The van der Waals surface area contributed by atoms with Crippen molar-refractivity contribution in [1.29, 1.82) is 0 Å². The topological polar surface area (TPSA) is 81.7 Å². The second-order valence-electron chi connectivity index (χ2n) is 5.28. The molecule has 0 aliphatic carbocycles. The molecular weight excluding hydrogens is 322 g/mol. The summed E-state index contributed by atoms with van der Waals surface area (Å²) < 4.78 is 9.86. The number of benzene rings is 2. The van der Waals surface area contributed by atoms with Crippen molar-refractivity contribution in [2.75, 3.05) is 7.11 Å². The SMILES string of the molecule is COC(=O)[C@@H](OC(C)=O)[C@@H](NC(=O)c1ccccc1)c1ccccc1. The minimum atomic E-state index is -1.29. The molecular formula is C19H19NO5. The van der Waals surface area contributed by atoms with E-state index in [2.05, 4.69) is 5.32 Å². The fourth-order valence-corrected chi connectivity index (χ4v) is 2.36. The van der Waals surface area contributed by atoms with Gasteiger partial charge in [-0.1, -0.05) is 48.5 Å². The van der Waals surface area contributed by atoms with Crippen LogP contribution in [-0.2, 0) is 19.1 Å². The van der Waals surface area contributed by atoms with Crippen LogP contribution >= 0.6 is 0 Å². The van der Waals surface area contributed by atoms with Gasteiger partial charge in [-0.15, -0.1) is 0 Å². The highest BCUT2D eigenvalue weighted by Crippen LogP contribution is 2.21. The summed E-state index contributed by atoms with van der Waals surface area (Å²) in [5, 5.41) is 2.75. The molecule has 6 heteroatoms. The molecule has 0 bridgehead atoms. The van der Waals surface area contributed by atoms with E-state index in [1.54, 1.807) is 60.7 Å². The van der Waals surface area contributed by atoms with E-state index in [0.29, 0.717) is 11.1 Å². The molecule has 0 aliphatic heterocycles. The second-order valence-corrected chi connectivity index (χ2v) is 5.28. The molecule has 0 aromatic heterocycles. The van der Waals surface area contributed by atoms with E-state index >= 15 is 0 Å². The van der Waals surface area contributed by atoms with E-state index in [-0.39, 0.29) is 0 Å². The second kappa shape index (κ2) is 8.63. The van der Waals surface area contributed by atoms with Gasteiger partial charge in [0.2, 0.25) is 6.10 Å². The number of hydrogen-bond donors (Lipinski definition) is 1. The van der Waals surface area contributed by atoms with Crippen molar-refractivity contribution < 1.29 is 23.9 Å². The van der Waals surface area contributed by atoms with Gasteiger partial charge in [-0.05, 0) is 17.7 Å². The Hall–Kier alpha value is -3.15. The molecule has 130 valence electrons. The van der Waals surface area contributed by atoms with Crippen LogP contribution in [0.25, 0.3) is 0 Å². The summed E-state index contributed by atoms with van der Waals surface area (Å²) in [6.07, 6.45) is -1.29. The summed E-state index contributed by atoms with van der Waals surface area (Å²) >= 11 is 0. The maximum atomic E-state index is 12.5. The first-order valence-electron chi connectivity index (χ1n) is 7.69. The number of esters is 2. The van der Waals surface area contributed by atoms with E-state index in [1.807, 2.05) is 0 Å². The molecule has 0 spiro atoms. The Morgan fingerprint density at radius 3 is 2.00 bits per heavy atom. The average Bonchev–Trinajstić information content (AvgIpc) is 2.65. The minimum Gasteiger partial charge on any atom is -0.466 e. The Balaban J connectivity index is 2.36. The van der Waals surface area contributed by atoms with Gasteiger partial charge in [0, 0.05) is 12.5 Å². The Kier molecular flexibility index (Phi) is 6.28. The number of methoxy groups -OCH3 is 1. The van der Waals surface area contributed by atoms with Gasteiger partial charge < -0.3 is 14.8 Å². The Morgan fingerprint density at radius 2 is 1.48 bits per heavy atom. The Morgan fingerprint density at radius 1 is 0.920 bits per heavy atom. The molecule has 25 heavy (non-hydrogen) atoms. The molecule has 0 unspecified atom stereocenters. The van der Waals surface area contributed by atoms with Crippen molar-refractivity contribution in [3.8, 4) is 0 Å². The molecule has 2 atom stereocenters.